The Kier molecular flexibility index (Phi) is 28.4. The molecule has 0 saturated heterocycles. The Hall–Kier alpha value is -8.54. The molecule has 0 spiro atoms. The lowest BCUT2D eigenvalue weighted by molar-refractivity contribution is 0.0975. The van der Waals surface area contributed by atoms with E-state index in [2.05, 4.69) is 219 Å². The number of aliphatic imine (C=N–C) groups is 2. The van der Waals surface area contributed by atoms with Crippen molar-refractivity contribution in [3.8, 4) is 0 Å². The molecule has 4 heterocycles. The second-order valence-corrected chi connectivity index (χ2v) is 24.2. The summed E-state index contributed by atoms with van der Waals surface area (Å²) in [6.45, 7) is 9.96. The lowest BCUT2D eigenvalue weighted by Gasteiger charge is -2.13. The number of hydrogen-bond donors (Lipinski definition) is 6. The van der Waals surface area contributed by atoms with Crippen LogP contribution in [0, 0.1) is 0 Å². The molecule has 18 nitrogen and oxygen atoms in total. The summed E-state index contributed by atoms with van der Waals surface area (Å²) in [5, 5.41) is 16.9. The molecular weight excluding hydrogens is 1200 g/mol. The van der Waals surface area contributed by atoms with E-state index in [0.717, 1.165) is 86.4 Å². The van der Waals surface area contributed by atoms with Crippen LogP contribution in [0.25, 0.3) is 43.6 Å². The SMILES string of the molecule is CCSC(N)=Nc1ccc2ccn(CCN(C)C)c2c1.CN(C)CCn1ccc2ccc(N)cc21.CN(C)CCn1ccc2ccc(NC(=S)NC(=O)c3ccccc3)cc21.CN(C)CCn1ccc2ccc(NC(N)=S)cc21.O=C(N=C=S)c1ccccc1. The summed E-state index contributed by atoms with van der Waals surface area (Å²) in [4.78, 5) is 39.6. The Morgan fingerprint density at radius 2 is 0.922 bits per heavy atom. The number of aromatic nitrogens is 4. The number of nitrogens with two attached hydrogens (primary N) is 3. The number of carbonyl (C=O) groups is 2. The largest absolute Gasteiger partial charge is 0.399 e. The summed E-state index contributed by atoms with van der Waals surface area (Å²) >= 11 is 16.0. The van der Waals surface area contributed by atoms with E-state index in [9.17, 15) is 9.59 Å². The van der Waals surface area contributed by atoms with Crippen LogP contribution in [-0.4, -0.2) is 159 Å². The molecule has 0 aliphatic carbocycles. The van der Waals surface area contributed by atoms with Gasteiger partial charge in [0.15, 0.2) is 15.4 Å². The van der Waals surface area contributed by atoms with Gasteiger partial charge in [-0.2, -0.15) is 4.99 Å². The Bertz CT molecular complexity index is 4010. The summed E-state index contributed by atoms with van der Waals surface area (Å²) in [6.07, 6.45) is 8.45. The van der Waals surface area contributed by atoms with Crippen LogP contribution in [0.15, 0.2) is 192 Å². The minimum Gasteiger partial charge on any atom is -0.399 e. The summed E-state index contributed by atoms with van der Waals surface area (Å²) in [6, 6.07) is 50.7. The Labute approximate surface area is 549 Å². The van der Waals surface area contributed by atoms with Gasteiger partial charge in [-0.25, -0.2) is 4.99 Å². The molecule has 2 amide bonds. The minimum atomic E-state index is -0.347. The van der Waals surface area contributed by atoms with E-state index < -0.39 is 0 Å². The maximum Gasteiger partial charge on any atom is 0.285 e. The molecule has 22 heteroatoms. The summed E-state index contributed by atoms with van der Waals surface area (Å²) in [5.41, 5.74) is 26.5. The first-order valence-electron chi connectivity index (χ1n) is 29.3. The number of rotatable bonds is 18. The maximum absolute atomic E-state index is 12.2. The molecule has 4 aromatic heterocycles. The van der Waals surface area contributed by atoms with Crippen molar-refractivity contribution >= 4 is 147 Å². The summed E-state index contributed by atoms with van der Waals surface area (Å²) < 4.78 is 8.95. The van der Waals surface area contributed by atoms with Crippen LogP contribution in [0.3, 0.4) is 0 Å². The molecule has 0 saturated carbocycles. The van der Waals surface area contributed by atoms with E-state index in [4.69, 9.17) is 41.6 Å². The van der Waals surface area contributed by atoms with Crippen molar-refractivity contribution in [1.29, 1.82) is 0 Å². The zero-order chi connectivity index (χ0) is 65.1. The molecule has 0 bridgehead atoms. The van der Waals surface area contributed by atoms with Crippen molar-refractivity contribution in [2.45, 2.75) is 33.1 Å². The van der Waals surface area contributed by atoms with Crippen molar-refractivity contribution in [3.05, 3.63) is 194 Å². The third-order valence-electron chi connectivity index (χ3n) is 13.7. The normalized spacial score (nSPS) is 11.1. The number of likely N-dealkylation sites (N-methyl/N-ethyl adjacent to an activating group) is 4. The quantitative estimate of drug-likeness (QED) is 0.0205. The van der Waals surface area contributed by atoms with E-state index in [1.54, 1.807) is 48.2 Å². The average Bonchev–Trinajstić information content (AvgIpc) is 2.76. The van der Waals surface area contributed by atoms with Crippen LogP contribution in [0.4, 0.5) is 22.7 Å². The van der Waals surface area contributed by atoms with Crippen molar-refractivity contribution in [3.63, 3.8) is 0 Å². The van der Waals surface area contributed by atoms with Crippen molar-refractivity contribution in [1.82, 2.24) is 43.2 Å². The number of anilines is 3. The van der Waals surface area contributed by atoms with Crippen LogP contribution in [-0.2, 0) is 26.2 Å². The van der Waals surface area contributed by atoms with Gasteiger partial charge in [-0.05, 0) is 217 Å². The number of thiocarbonyl (C=S) groups is 3. The molecule has 9 N–H and O–H groups in total. The number of nitrogens with one attached hydrogen (secondary N) is 3. The fourth-order valence-electron chi connectivity index (χ4n) is 9.04. The molecule has 10 rings (SSSR count). The van der Waals surface area contributed by atoms with Gasteiger partial charge in [0.1, 0.15) is 0 Å². The van der Waals surface area contributed by atoms with Crippen LogP contribution in [0.1, 0.15) is 27.6 Å². The predicted octanol–water partition coefficient (Wildman–Crippen LogP) is 11.8. The number of isothiocyanates is 1. The topological polar surface area (TPSA) is 206 Å². The highest BCUT2D eigenvalue weighted by molar-refractivity contribution is 8.13. The van der Waals surface area contributed by atoms with Crippen molar-refractivity contribution < 1.29 is 9.59 Å². The molecule has 0 radical (unpaired) electrons. The lowest BCUT2D eigenvalue weighted by Crippen LogP contribution is -2.34. The van der Waals surface area contributed by atoms with Crippen LogP contribution < -0.4 is 33.2 Å². The molecule has 0 aliphatic rings. The second-order valence-electron chi connectivity index (χ2n) is 21.9. The third-order valence-corrected chi connectivity index (χ3v) is 14.8. The molecule has 0 unspecified atom stereocenters. The van der Waals surface area contributed by atoms with Gasteiger partial charge in [0.25, 0.3) is 11.8 Å². The van der Waals surface area contributed by atoms with Crippen molar-refractivity contribution in [2.75, 3.05) is 105 Å². The zero-order valence-corrected chi connectivity index (χ0v) is 56.1. The molecule has 0 aliphatic heterocycles. The smallest absolute Gasteiger partial charge is 0.285 e. The molecule has 0 fully saturated rings. The number of hydrogen-bond acceptors (Lipinski definition) is 12. The summed E-state index contributed by atoms with van der Waals surface area (Å²) in [7, 11) is 16.6. The number of amidine groups is 1. The van der Waals surface area contributed by atoms with Gasteiger partial charge in [-0.1, -0.05) is 79.3 Å². The number of benzene rings is 6. The molecule has 6 aromatic carbocycles. The van der Waals surface area contributed by atoms with Crippen LogP contribution in [0.2, 0.25) is 0 Å². The van der Waals surface area contributed by atoms with Crippen molar-refractivity contribution in [2.24, 2.45) is 21.5 Å². The predicted molar refractivity (Wildman–Crippen MR) is 392 cm³/mol. The lowest BCUT2D eigenvalue weighted by atomic mass is 10.2. The summed E-state index contributed by atoms with van der Waals surface area (Å²) in [5.74, 6) is 0.371. The number of thioether (sulfide) groups is 1. The highest BCUT2D eigenvalue weighted by atomic mass is 32.2. The van der Waals surface area contributed by atoms with Gasteiger partial charge in [0.2, 0.25) is 0 Å². The van der Waals surface area contributed by atoms with Gasteiger partial charge in [0, 0.05) is 105 Å². The zero-order valence-electron chi connectivity index (χ0n) is 52.8. The first kappa shape index (κ1) is 70.5. The number of nitrogen functional groups attached to an aromatic ring is 1. The first-order valence-corrected chi connectivity index (χ1v) is 31.5. The Balaban J connectivity index is 0.000000184. The third kappa shape index (κ3) is 23.1. The van der Waals surface area contributed by atoms with E-state index in [1.807, 2.05) is 71.9 Å². The van der Waals surface area contributed by atoms with Gasteiger partial charge < -0.3 is 65.7 Å². The van der Waals surface area contributed by atoms with E-state index in [0.29, 0.717) is 21.4 Å². The van der Waals surface area contributed by atoms with Crippen LogP contribution in [0.5, 0.6) is 0 Å². The molecule has 472 valence electrons. The molecule has 0 atom stereocenters. The molecule has 10 aromatic rings. The van der Waals surface area contributed by atoms with E-state index in [1.165, 1.54) is 38.1 Å². The molecular formula is C68H84N16O2S4. The van der Waals surface area contributed by atoms with Gasteiger partial charge >= 0.3 is 0 Å². The number of fused-ring (bicyclic) bond motifs is 4. The van der Waals surface area contributed by atoms with Crippen LogP contribution >= 0.6 is 48.4 Å². The number of amides is 2. The second kappa shape index (κ2) is 36.2. The Morgan fingerprint density at radius 3 is 1.34 bits per heavy atom. The Morgan fingerprint density at radius 1 is 0.522 bits per heavy atom. The van der Waals surface area contributed by atoms with Gasteiger partial charge in [-0.3, -0.25) is 14.9 Å². The number of nitrogens with zero attached hydrogens (tertiary/aromatic N) is 10. The maximum atomic E-state index is 12.2. The standard InChI is InChI=1S/C20H22N4OS.C15H22N4S.C13H18N4S.C12H17N3.C8H5NOS/c1-23(2)12-13-24-11-10-15-8-9-17(14-18(15)24)21-20(26)22-19(25)16-6-4-3-5-7-16;1-4-20-15(16)17-13-6-5-12-7-8-19(14(12)11-13)10-9-18(2)3;1-16(2)7-8-17-6-5-10-3-4-11(9-12(10)17)15-13(14)18;1-14(2)7-8-15-6-5-10-3-4-11(13)9-12(10)15;10-8(9-6-11)7-4-2-1-3-5-7/h3-11,14H,12-13H2,1-2H3,(H2,21,22,25,26);5-8,11H,4,9-10H2,1-3H3,(H2,16,17);3-6,9H,7-8H2,1-2H3,(H3,14,15,18);3-6,9H,7-8,13H2,1-2H3;1-5H. The first-order chi connectivity index (χ1) is 43.2. The van der Waals surface area contributed by atoms with Gasteiger partial charge in [-0.15, -0.1) is 0 Å². The molecule has 90 heavy (non-hydrogen) atoms. The number of carbonyl (C=O) groups excluding carboxylic acids is 2. The van der Waals surface area contributed by atoms with Gasteiger partial charge in [0.05, 0.1) is 32.9 Å². The van der Waals surface area contributed by atoms with E-state index in [-0.39, 0.29) is 16.9 Å². The fourth-order valence-corrected chi connectivity index (χ4v) is 9.92. The minimum absolute atomic E-state index is 0.224. The monoisotopic (exact) mass is 1280 g/mol. The van der Waals surface area contributed by atoms with E-state index >= 15 is 0 Å². The fraction of sp³-hybridized carbons (Fsp3) is 0.265. The highest BCUT2D eigenvalue weighted by Gasteiger charge is 2.11. The highest BCUT2D eigenvalue weighted by Crippen LogP contribution is 2.25. The average molecular weight is 1290 g/mol.